The molecular formula is C18H31NO4S. The molecule has 0 aromatic heterocycles. The molecule has 0 aliphatic carbocycles. The van der Waals surface area contributed by atoms with Gasteiger partial charge in [0.05, 0.1) is 25.6 Å². The van der Waals surface area contributed by atoms with Gasteiger partial charge in [0.2, 0.25) is 10.0 Å². The number of benzene rings is 1. The minimum absolute atomic E-state index is 0.0169. The monoisotopic (exact) mass is 357 g/mol. The van der Waals surface area contributed by atoms with Crippen LogP contribution in [0.25, 0.3) is 0 Å². The Balaban J connectivity index is 2.25. The standard InChI is InChI=1S/C18H31NO4S/c1-18(2,3)17-9-7-16(8-10-17)6-5-11-19-24(20,21)15-14-23-13-12-22-4/h7-10,19H,5-6,11-15H2,1-4H3. The van der Waals surface area contributed by atoms with Crippen molar-refractivity contribution >= 4 is 10.0 Å². The number of hydrogen-bond donors (Lipinski definition) is 1. The third-order valence-electron chi connectivity index (χ3n) is 3.71. The summed E-state index contributed by atoms with van der Waals surface area (Å²) in [5, 5.41) is 0. The average Bonchev–Trinajstić information content (AvgIpc) is 2.51. The second-order valence-corrected chi connectivity index (χ2v) is 8.80. The van der Waals surface area contributed by atoms with Crippen molar-refractivity contribution in [3.8, 4) is 0 Å². The normalized spacial score (nSPS) is 12.5. The van der Waals surface area contributed by atoms with Crippen molar-refractivity contribution in [1.82, 2.24) is 4.72 Å². The van der Waals surface area contributed by atoms with Crippen LogP contribution in [0.4, 0.5) is 0 Å². The van der Waals surface area contributed by atoms with Gasteiger partial charge in [-0.25, -0.2) is 13.1 Å². The van der Waals surface area contributed by atoms with E-state index in [1.54, 1.807) is 7.11 Å². The predicted octanol–water partition coefficient (Wildman–Crippen LogP) is 2.50. The number of sulfonamides is 1. The molecule has 1 aromatic rings. The lowest BCUT2D eigenvalue weighted by Gasteiger charge is -2.19. The van der Waals surface area contributed by atoms with Crippen molar-refractivity contribution in [3.05, 3.63) is 35.4 Å². The summed E-state index contributed by atoms with van der Waals surface area (Å²) in [6.07, 6.45) is 1.63. The number of ether oxygens (including phenoxy) is 2. The summed E-state index contributed by atoms with van der Waals surface area (Å²) in [7, 11) is -1.68. The van der Waals surface area contributed by atoms with E-state index < -0.39 is 10.0 Å². The Morgan fingerprint density at radius 2 is 1.71 bits per heavy atom. The molecule has 0 amide bonds. The molecule has 0 saturated carbocycles. The Morgan fingerprint density at radius 1 is 1.04 bits per heavy atom. The topological polar surface area (TPSA) is 64.6 Å². The molecule has 6 heteroatoms. The van der Waals surface area contributed by atoms with E-state index in [9.17, 15) is 8.42 Å². The predicted molar refractivity (Wildman–Crippen MR) is 97.9 cm³/mol. The molecular weight excluding hydrogens is 326 g/mol. The highest BCUT2D eigenvalue weighted by Gasteiger charge is 2.13. The number of methoxy groups -OCH3 is 1. The van der Waals surface area contributed by atoms with E-state index in [-0.39, 0.29) is 17.8 Å². The third kappa shape index (κ3) is 8.78. The van der Waals surface area contributed by atoms with Gasteiger partial charge < -0.3 is 9.47 Å². The first-order valence-corrected chi connectivity index (χ1v) is 10.0. The molecule has 138 valence electrons. The molecule has 1 rings (SSSR count). The fraction of sp³-hybridized carbons (Fsp3) is 0.667. The largest absolute Gasteiger partial charge is 0.382 e. The first-order chi connectivity index (χ1) is 11.2. The second kappa shape index (κ2) is 10.1. The Bertz CT molecular complexity index is 562. The van der Waals surface area contributed by atoms with Gasteiger partial charge in [-0.2, -0.15) is 0 Å². The Hall–Kier alpha value is -0.950. The minimum atomic E-state index is -3.27. The first kappa shape index (κ1) is 21.1. The summed E-state index contributed by atoms with van der Waals surface area (Å²) in [5.74, 6) is -0.0169. The Morgan fingerprint density at radius 3 is 2.29 bits per heavy atom. The summed E-state index contributed by atoms with van der Waals surface area (Å²) in [6.45, 7) is 8.09. The van der Waals surface area contributed by atoms with Gasteiger partial charge in [0.15, 0.2) is 0 Å². The SMILES string of the molecule is COCCOCCS(=O)(=O)NCCCc1ccc(C(C)(C)C)cc1. The highest BCUT2D eigenvalue weighted by atomic mass is 32.2. The van der Waals surface area contributed by atoms with Gasteiger partial charge in [-0.05, 0) is 29.4 Å². The number of aryl methyl sites for hydroxylation is 1. The zero-order valence-corrected chi connectivity index (χ0v) is 16.1. The van der Waals surface area contributed by atoms with Gasteiger partial charge in [-0.15, -0.1) is 0 Å². The molecule has 24 heavy (non-hydrogen) atoms. The molecule has 1 aromatic carbocycles. The van der Waals surface area contributed by atoms with E-state index in [1.807, 2.05) is 0 Å². The summed E-state index contributed by atoms with van der Waals surface area (Å²) >= 11 is 0. The molecule has 0 radical (unpaired) electrons. The molecule has 0 bridgehead atoms. The fourth-order valence-electron chi connectivity index (χ4n) is 2.18. The highest BCUT2D eigenvalue weighted by molar-refractivity contribution is 7.89. The molecule has 5 nitrogen and oxygen atoms in total. The molecule has 0 fully saturated rings. The maximum Gasteiger partial charge on any atom is 0.213 e. The number of hydrogen-bond acceptors (Lipinski definition) is 4. The molecule has 1 N–H and O–H groups in total. The zero-order chi connectivity index (χ0) is 18.1. The quantitative estimate of drug-likeness (QED) is 0.618. The van der Waals surface area contributed by atoms with Crippen LogP contribution in [0.3, 0.4) is 0 Å². The van der Waals surface area contributed by atoms with E-state index in [0.29, 0.717) is 19.8 Å². The van der Waals surface area contributed by atoms with Crippen molar-refractivity contribution < 1.29 is 17.9 Å². The molecule has 0 spiro atoms. The van der Waals surface area contributed by atoms with Crippen LogP contribution in [0.2, 0.25) is 0 Å². The molecule has 0 saturated heterocycles. The van der Waals surface area contributed by atoms with Gasteiger partial charge in [-0.3, -0.25) is 0 Å². The summed E-state index contributed by atoms with van der Waals surface area (Å²) in [4.78, 5) is 0. The number of nitrogens with one attached hydrogen (secondary N) is 1. The van der Waals surface area contributed by atoms with E-state index >= 15 is 0 Å². The van der Waals surface area contributed by atoms with E-state index in [1.165, 1.54) is 11.1 Å². The van der Waals surface area contributed by atoms with Crippen LogP contribution in [0.15, 0.2) is 24.3 Å². The van der Waals surface area contributed by atoms with Gasteiger partial charge in [0.25, 0.3) is 0 Å². The lowest BCUT2D eigenvalue weighted by atomic mass is 9.86. The smallest absolute Gasteiger partial charge is 0.213 e. The van der Waals surface area contributed by atoms with Crippen molar-refractivity contribution in [2.24, 2.45) is 0 Å². The lowest BCUT2D eigenvalue weighted by Crippen LogP contribution is -2.29. The van der Waals surface area contributed by atoms with Gasteiger partial charge >= 0.3 is 0 Å². The average molecular weight is 358 g/mol. The van der Waals surface area contributed by atoms with Gasteiger partial charge in [0, 0.05) is 13.7 Å². The Labute approximate surface area is 146 Å². The maximum absolute atomic E-state index is 11.8. The van der Waals surface area contributed by atoms with Crippen molar-refractivity contribution in [2.75, 3.05) is 39.2 Å². The maximum atomic E-state index is 11.8. The van der Waals surface area contributed by atoms with Crippen LogP contribution in [0.5, 0.6) is 0 Å². The Kier molecular flexibility index (Phi) is 8.91. The van der Waals surface area contributed by atoms with Crippen LogP contribution >= 0.6 is 0 Å². The van der Waals surface area contributed by atoms with Crippen LogP contribution in [0, 0.1) is 0 Å². The van der Waals surface area contributed by atoms with Crippen molar-refractivity contribution in [3.63, 3.8) is 0 Å². The van der Waals surface area contributed by atoms with Gasteiger partial charge in [0.1, 0.15) is 0 Å². The molecule has 0 heterocycles. The molecule has 0 aliphatic heterocycles. The molecule has 0 atom stereocenters. The third-order valence-corrected chi connectivity index (χ3v) is 5.06. The summed E-state index contributed by atoms with van der Waals surface area (Å²) in [6, 6.07) is 8.55. The summed E-state index contributed by atoms with van der Waals surface area (Å²) < 4.78 is 36.2. The fourth-order valence-corrected chi connectivity index (χ4v) is 3.11. The van der Waals surface area contributed by atoms with Crippen LogP contribution < -0.4 is 4.72 Å². The molecule has 0 aliphatic rings. The van der Waals surface area contributed by atoms with E-state index in [4.69, 9.17) is 9.47 Å². The molecule has 0 unspecified atom stereocenters. The van der Waals surface area contributed by atoms with Crippen LogP contribution in [-0.4, -0.2) is 47.6 Å². The lowest BCUT2D eigenvalue weighted by molar-refractivity contribution is 0.0784. The second-order valence-electron chi connectivity index (χ2n) is 6.87. The highest BCUT2D eigenvalue weighted by Crippen LogP contribution is 2.22. The minimum Gasteiger partial charge on any atom is -0.382 e. The number of rotatable bonds is 11. The van der Waals surface area contributed by atoms with E-state index in [2.05, 4.69) is 49.8 Å². The van der Waals surface area contributed by atoms with Gasteiger partial charge in [-0.1, -0.05) is 45.0 Å². The van der Waals surface area contributed by atoms with Crippen LogP contribution in [0.1, 0.15) is 38.3 Å². The zero-order valence-electron chi connectivity index (χ0n) is 15.3. The first-order valence-electron chi connectivity index (χ1n) is 8.38. The summed E-state index contributed by atoms with van der Waals surface area (Å²) in [5.41, 5.74) is 2.69. The van der Waals surface area contributed by atoms with E-state index in [0.717, 1.165) is 12.8 Å². The van der Waals surface area contributed by atoms with Crippen molar-refractivity contribution in [1.29, 1.82) is 0 Å². The van der Waals surface area contributed by atoms with Crippen LogP contribution in [-0.2, 0) is 31.3 Å². The van der Waals surface area contributed by atoms with Crippen molar-refractivity contribution in [2.45, 2.75) is 39.0 Å².